The van der Waals surface area contributed by atoms with Crippen molar-refractivity contribution in [2.45, 2.75) is 24.6 Å². The van der Waals surface area contributed by atoms with Crippen molar-refractivity contribution < 1.29 is 22.1 Å². The summed E-state index contributed by atoms with van der Waals surface area (Å²) >= 11 is 1.55. The predicted molar refractivity (Wildman–Crippen MR) is 90.3 cm³/mol. The lowest BCUT2D eigenvalue weighted by atomic mass is 10.1. The van der Waals surface area contributed by atoms with Gasteiger partial charge in [-0.25, -0.2) is 0 Å². The number of likely N-dealkylation sites (tertiary alicyclic amines) is 1. The molecule has 0 N–H and O–H groups in total. The van der Waals surface area contributed by atoms with Crippen LogP contribution in [-0.2, 0) is 4.79 Å². The standard InChI is InChI=1S/C16H21N3O3S.ClH/c20-15-12-23-16(13-5-4-6-14(11-13)19(21)22)18(15)10-9-17-7-2-1-3-8-17;/h4-6,11,16H,1-3,7-10,12H2;1H/p-1. The maximum atomic E-state index is 12.2. The Morgan fingerprint density at radius 2 is 1.96 bits per heavy atom. The molecule has 0 aromatic heterocycles. The van der Waals surface area contributed by atoms with Crippen molar-refractivity contribution in [2.75, 3.05) is 31.9 Å². The molecule has 0 aliphatic carbocycles. The molecule has 24 heavy (non-hydrogen) atoms. The maximum absolute atomic E-state index is 12.2. The Balaban J connectivity index is 0.00000208. The number of nitrogens with zero attached hydrogens (tertiary/aromatic N) is 3. The molecule has 2 saturated heterocycles. The van der Waals surface area contributed by atoms with Crippen molar-refractivity contribution in [1.82, 2.24) is 9.80 Å². The molecule has 1 atom stereocenters. The molecule has 2 aliphatic rings. The molecule has 2 heterocycles. The van der Waals surface area contributed by atoms with Gasteiger partial charge in [-0.1, -0.05) is 18.6 Å². The minimum absolute atomic E-state index is 0. The normalized spacial score (nSPS) is 21.6. The van der Waals surface area contributed by atoms with Gasteiger partial charge in [-0.3, -0.25) is 14.9 Å². The van der Waals surface area contributed by atoms with Crippen LogP contribution in [0, 0.1) is 10.1 Å². The zero-order chi connectivity index (χ0) is 16.2. The zero-order valence-corrected chi connectivity index (χ0v) is 15.0. The molecule has 3 rings (SSSR count). The van der Waals surface area contributed by atoms with Gasteiger partial charge < -0.3 is 22.2 Å². The van der Waals surface area contributed by atoms with E-state index in [0.29, 0.717) is 12.3 Å². The fourth-order valence-electron chi connectivity index (χ4n) is 3.20. The zero-order valence-electron chi connectivity index (χ0n) is 13.4. The number of amides is 1. The average molecular weight is 371 g/mol. The molecule has 6 nitrogen and oxygen atoms in total. The van der Waals surface area contributed by atoms with Crippen LogP contribution in [0.15, 0.2) is 24.3 Å². The van der Waals surface area contributed by atoms with Gasteiger partial charge in [0.05, 0.1) is 10.7 Å². The number of nitro groups is 1. The summed E-state index contributed by atoms with van der Waals surface area (Å²) in [4.78, 5) is 27.1. The van der Waals surface area contributed by atoms with Crippen LogP contribution >= 0.6 is 11.8 Å². The minimum Gasteiger partial charge on any atom is -1.00 e. The lowest BCUT2D eigenvalue weighted by Crippen LogP contribution is -3.00. The molecule has 0 radical (unpaired) electrons. The summed E-state index contributed by atoms with van der Waals surface area (Å²) in [7, 11) is 0. The molecule has 2 fully saturated rings. The Morgan fingerprint density at radius 1 is 1.21 bits per heavy atom. The number of carbonyl (C=O) groups is 1. The minimum atomic E-state index is -0.386. The van der Waals surface area contributed by atoms with E-state index in [1.54, 1.807) is 23.9 Å². The van der Waals surface area contributed by atoms with E-state index in [1.165, 1.54) is 25.3 Å². The van der Waals surface area contributed by atoms with Crippen LogP contribution in [0.5, 0.6) is 0 Å². The lowest BCUT2D eigenvalue weighted by molar-refractivity contribution is -0.384. The molecular formula is C16H21ClN3O3S-. The van der Waals surface area contributed by atoms with E-state index >= 15 is 0 Å². The fourth-order valence-corrected chi connectivity index (χ4v) is 4.40. The Labute approximate surface area is 152 Å². The highest BCUT2D eigenvalue weighted by molar-refractivity contribution is 8.00. The maximum Gasteiger partial charge on any atom is 0.269 e. The third-order valence-electron chi connectivity index (χ3n) is 4.44. The molecule has 132 valence electrons. The van der Waals surface area contributed by atoms with E-state index in [4.69, 9.17) is 0 Å². The first-order valence-electron chi connectivity index (χ1n) is 8.03. The number of hydrogen-bond donors (Lipinski definition) is 0. The van der Waals surface area contributed by atoms with Gasteiger partial charge >= 0.3 is 0 Å². The number of piperidine rings is 1. The SMILES string of the molecule is O=C1CSC(c2cccc([N+](=O)[O-])c2)N1CCN1CCCCC1.[Cl-]. The van der Waals surface area contributed by atoms with E-state index < -0.39 is 0 Å². The fraction of sp³-hybridized carbons (Fsp3) is 0.562. The molecule has 0 spiro atoms. The van der Waals surface area contributed by atoms with Crippen molar-refractivity contribution in [3.8, 4) is 0 Å². The first-order valence-corrected chi connectivity index (χ1v) is 9.08. The number of halogens is 1. The van der Waals surface area contributed by atoms with Gasteiger partial charge in [0.1, 0.15) is 5.37 Å². The van der Waals surface area contributed by atoms with Gasteiger partial charge in [0.25, 0.3) is 5.69 Å². The predicted octanol–water partition coefficient (Wildman–Crippen LogP) is -0.341. The Hall–Kier alpha value is -1.31. The molecule has 0 bridgehead atoms. The molecule has 1 amide bonds. The number of non-ortho nitro benzene ring substituents is 1. The van der Waals surface area contributed by atoms with Crippen molar-refractivity contribution in [2.24, 2.45) is 0 Å². The van der Waals surface area contributed by atoms with Crippen LogP contribution < -0.4 is 12.4 Å². The van der Waals surface area contributed by atoms with Gasteiger partial charge in [-0.15, -0.1) is 11.8 Å². The van der Waals surface area contributed by atoms with Crippen LogP contribution in [-0.4, -0.2) is 52.6 Å². The Morgan fingerprint density at radius 3 is 2.67 bits per heavy atom. The number of hydrogen-bond acceptors (Lipinski definition) is 5. The van der Waals surface area contributed by atoms with Gasteiger partial charge in [0, 0.05) is 25.2 Å². The second kappa shape index (κ2) is 8.69. The van der Waals surface area contributed by atoms with Gasteiger partial charge in [-0.2, -0.15) is 0 Å². The van der Waals surface area contributed by atoms with Crippen molar-refractivity contribution >= 4 is 23.4 Å². The van der Waals surface area contributed by atoms with Crippen LogP contribution in [0.25, 0.3) is 0 Å². The number of benzene rings is 1. The summed E-state index contributed by atoms with van der Waals surface area (Å²) in [6.07, 6.45) is 3.76. The summed E-state index contributed by atoms with van der Waals surface area (Å²) < 4.78 is 0. The van der Waals surface area contributed by atoms with Crippen LogP contribution in [0.1, 0.15) is 30.2 Å². The van der Waals surface area contributed by atoms with E-state index in [2.05, 4.69) is 4.90 Å². The molecule has 1 aromatic rings. The molecular weight excluding hydrogens is 350 g/mol. The van der Waals surface area contributed by atoms with Gasteiger partial charge in [0.15, 0.2) is 0 Å². The quantitative estimate of drug-likeness (QED) is 0.524. The highest BCUT2D eigenvalue weighted by Crippen LogP contribution is 2.39. The monoisotopic (exact) mass is 370 g/mol. The second-order valence-electron chi connectivity index (χ2n) is 6.00. The number of nitro benzene ring substituents is 1. The van der Waals surface area contributed by atoms with E-state index in [1.807, 2.05) is 11.0 Å². The van der Waals surface area contributed by atoms with Gasteiger partial charge in [0.2, 0.25) is 5.91 Å². The second-order valence-corrected chi connectivity index (χ2v) is 7.07. The third kappa shape index (κ3) is 4.40. The summed E-state index contributed by atoms with van der Waals surface area (Å²) in [5, 5.41) is 10.9. The van der Waals surface area contributed by atoms with Crippen LogP contribution in [0.2, 0.25) is 0 Å². The average Bonchev–Trinajstić information content (AvgIpc) is 2.95. The van der Waals surface area contributed by atoms with Crippen molar-refractivity contribution in [1.29, 1.82) is 0 Å². The molecule has 1 unspecified atom stereocenters. The summed E-state index contributed by atoms with van der Waals surface area (Å²) in [5.41, 5.74) is 0.923. The molecule has 2 aliphatic heterocycles. The van der Waals surface area contributed by atoms with Gasteiger partial charge in [-0.05, 0) is 31.5 Å². The molecule has 8 heteroatoms. The number of thioether (sulfide) groups is 1. The Bertz CT molecular complexity index is 596. The van der Waals surface area contributed by atoms with E-state index in [-0.39, 0.29) is 34.3 Å². The summed E-state index contributed by atoms with van der Waals surface area (Å²) in [6.45, 7) is 3.80. The largest absolute Gasteiger partial charge is 1.00 e. The van der Waals surface area contributed by atoms with E-state index in [9.17, 15) is 14.9 Å². The topological polar surface area (TPSA) is 66.7 Å². The van der Waals surface area contributed by atoms with Crippen LogP contribution in [0.3, 0.4) is 0 Å². The first-order chi connectivity index (χ1) is 11.1. The van der Waals surface area contributed by atoms with Crippen LogP contribution in [0.4, 0.5) is 5.69 Å². The third-order valence-corrected chi connectivity index (χ3v) is 5.70. The summed E-state index contributed by atoms with van der Waals surface area (Å²) in [6, 6.07) is 6.64. The molecule has 1 aromatic carbocycles. The molecule has 0 saturated carbocycles. The number of carbonyl (C=O) groups excluding carboxylic acids is 1. The van der Waals surface area contributed by atoms with Crippen molar-refractivity contribution in [3.05, 3.63) is 39.9 Å². The first kappa shape index (κ1) is 19.0. The summed E-state index contributed by atoms with van der Waals surface area (Å²) in [5.74, 6) is 0.580. The smallest absolute Gasteiger partial charge is 0.269 e. The highest BCUT2D eigenvalue weighted by Gasteiger charge is 2.33. The highest BCUT2D eigenvalue weighted by atomic mass is 35.5. The lowest BCUT2D eigenvalue weighted by Gasteiger charge is -2.30. The van der Waals surface area contributed by atoms with E-state index in [0.717, 1.165) is 25.2 Å². The Kier molecular flexibility index (Phi) is 6.89. The van der Waals surface area contributed by atoms with Crippen molar-refractivity contribution in [3.63, 3.8) is 0 Å². The number of rotatable bonds is 5.